The van der Waals surface area contributed by atoms with Gasteiger partial charge in [0.2, 0.25) is 0 Å². The Morgan fingerprint density at radius 2 is 1.82 bits per heavy atom. The Hall–Kier alpha value is -2.75. The molecule has 4 heteroatoms. The Morgan fingerprint density at radius 1 is 1.09 bits per heavy atom. The van der Waals surface area contributed by atoms with E-state index >= 15 is 0 Å². The molecule has 1 aromatic heterocycles. The molecule has 0 unspecified atom stereocenters. The summed E-state index contributed by atoms with van der Waals surface area (Å²) in [6, 6.07) is 17.6. The topological polar surface area (TPSA) is 47.2 Å². The average Bonchev–Trinajstić information content (AvgIpc) is 2.55. The SMILES string of the molecule is Cc1nc2ccccc2c(=O)n1/N=C\CCc1ccccc1. The number of para-hydroxylation sites is 1. The molecule has 4 nitrogen and oxygen atoms in total. The lowest BCUT2D eigenvalue weighted by Gasteiger charge is -2.05. The van der Waals surface area contributed by atoms with Crippen molar-refractivity contribution in [3.05, 3.63) is 76.3 Å². The second-order valence-electron chi connectivity index (χ2n) is 5.12. The molecule has 0 aliphatic carbocycles. The molecule has 2 aromatic carbocycles. The summed E-state index contributed by atoms with van der Waals surface area (Å²) in [4.78, 5) is 16.8. The van der Waals surface area contributed by atoms with Crippen molar-refractivity contribution in [3.63, 3.8) is 0 Å². The number of hydrogen-bond acceptors (Lipinski definition) is 3. The molecule has 0 spiro atoms. The molecule has 0 bridgehead atoms. The molecule has 3 rings (SSSR count). The Balaban J connectivity index is 1.81. The van der Waals surface area contributed by atoms with Crippen LogP contribution in [0.5, 0.6) is 0 Å². The van der Waals surface area contributed by atoms with E-state index in [1.807, 2.05) is 36.4 Å². The Bertz CT molecular complexity index is 866. The first kappa shape index (κ1) is 14.2. The van der Waals surface area contributed by atoms with Gasteiger partial charge in [0.15, 0.2) is 0 Å². The van der Waals surface area contributed by atoms with Gasteiger partial charge in [0, 0.05) is 6.21 Å². The molecule has 0 N–H and O–H groups in total. The highest BCUT2D eigenvalue weighted by atomic mass is 16.1. The van der Waals surface area contributed by atoms with Gasteiger partial charge in [0.05, 0.1) is 10.9 Å². The first-order valence-electron chi connectivity index (χ1n) is 7.31. The maximum atomic E-state index is 12.4. The van der Waals surface area contributed by atoms with Crippen molar-refractivity contribution < 1.29 is 0 Å². The molecule has 3 aromatic rings. The van der Waals surface area contributed by atoms with Crippen LogP contribution in [-0.4, -0.2) is 15.9 Å². The number of aryl methyl sites for hydroxylation is 2. The Kier molecular flexibility index (Phi) is 4.10. The first-order chi connectivity index (χ1) is 10.8. The minimum absolute atomic E-state index is 0.126. The highest BCUT2D eigenvalue weighted by Gasteiger charge is 2.05. The fraction of sp³-hybridized carbons (Fsp3) is 0.167. The van der Waals surface area contributed by atoms with Crippen molar-refractivity contribution in [1.29, 1.82) is 0 Å². The molecule has 0 atom stereocenters. The van der Waals surface area contributed by atoms with Crippen molar-refractivity contribution in [1.82, 2.24) is 9.66 Å². The fourth-order valence-corrected chi connectivity index (χ4v) is 2.39. The van der Waals surface area contributed by atoms with Crippen LogP contribution < -0.4 is 5.56 Å². The number of fused-ring (bicyclic) bond motifs is 1. The van der Waals surface area contributed by atoms with Crippen LogP contribution in [0.2, 0.25) is 0 Å². The van der Waals surface area contributed by atoms with Crippen molar-refractivity contribution in [2.24, 2.45) is 5.10 Å². The van der Waals surface area contributed by atoms with Gasteiger partial charge in [-0.1, -0.05) is 42.5 Å². The van der Waals surface area contributed by atoms with Crippen LogP contribution in [0.15, 0.2) is 64.5 Å². The normalized spacial score (nSPS) is 11.3. The molecule has 0 amide bonds. The number of nitrogens with zero attached hydrogens (tertiary/aromatic N) is 3. The van der Waals surface area contributed by atoms with E-state index in [0.717, 1.165) is 12.8 Å². The van der Waals surface area contributed by atoms with Gasteiger partial charge in [-0.3, -0.25) is 4.79 Å². The zero-order valence-electron chi connectivity index (χ0n) is 12.4. The maximum absolute atomic E-state index is 12.4. The molecule has 0 saturated carbocycles. The molecular weight excluding hydrogens is 274 g/mol. The predicted molar refractivity (Wildman–Crippen MR) is 89.4 cm³/mol. The zero-order chi connectivity index (χ0) is 15.4. The molecule has 0 saturated heterocycles. The molecule has 110 valence electrons. The van der Waals surface area contributed by atoms with Crippen LogP contribution in [0, 0.1) is 6.92 Å². The smallest absolute Gasteiger partial charge is 0.267 e. The first-order valence-corrected chi connectivity index (χ1v) is 7.31. The van der Waals surface area contributed by atoms with Gasteiger partial charge in [-0.25, -0.2) is 4.98 Å². The number of benzene rings is 2. The lowest BCUT2D eigenvalue weighted by atomic mass is 10.1. The lowest BCUT2D eigenvalue weighted by molar-refractivity contribution is 0.766. The molecule has 0 aliphatic heterocycles. The average molecular weight is 291 g/mol. The highest BCUT2D eigenvalue weighted by molar-refractivity contribution is 5.77. The van der Waals surface area contributed by atoms with Crippen molar-refractivity contribution in [2.45, 2.75) is 19.8 Å². The van der Waals surface area contributed by atoms with E-state index in [4.69, 9.17) is 0 Å². The monoisotopic (exact) mass is 291 g/mol. The van der Waals surface area contributed by atoms with Gasteiger partial charge in [0.25, 0.3) is 5.56 Å². The van der Waals surface area contributed by atoms with Crippen molar-refractivity contribution >= 4 is 17.1 Å². The quantitative estimate of drug-likeness (QED) is 0.693. The second-order valence-corrected chi connectivity index (χ2v) is 5.12. The molecular formula is C18H17N3O. The summed E-state index contributed by atoms with van der Waals surface area (Å²) in [6.07, 6.45) is 3.46. The molecule has 0 aliphatic rings. The summed E-state index contributed by atoms with van der Waals surface area (Å²) in [5.74, 6) is 0.597. The van der Waals surface area contributed by atoms with E-state index < -0.39 is 0 Å². The fourth-order valence-electron chi connectivity index (χ4n) is 2.39. The van der Waals surface area contributed by atoms with Gasteiger partial charge in [0.1, 0.15) is 5.82 Å². The van der Waals surface area contributed by atoms with Gasteiger partial charge in [-0.15, -0.1) is 0 Å². The second kappa shape index (κ2) is 6.35. The lowest BCUT2D eigenvalue weighted by Crippen LogP contribution is -2.20. The summed E-state index contributed by atoms with van der Waals surface area (Å²) in [5.41, 5.74) is 1.84. The zero-order valence-corrected chi connectivity index (χ0v) is 12.4. The number of rotatable bonds is 4. The van der Waals surface area contributed by atoms with Gasteiger partial charge < -0.3 is 0 Å². The molecule has 1 heterocycles. The maximum Gasteiger partial charge on any atom is 0.282 e. The van der Waals surface area contributed by atoms with Crippen molar-refractivity contribution in [3.8, 4) is 0 Å². The largest absolute Gasteiger partial charge is 0.282 e. The standard InChI is InChI=1S/C18H17N3O/c1-14-20-17-12-6-5-11-16(17)18(22)21(14)19-13-7-10-15-8-3-2-4-9-15/h2-6,8-9,11-13H,7,10H2,1H3/b19-13-. The Labute approximate surface area is 128 Å². The van der Waals surface area contributed by atoms with E-state index in [1.54, 1.807) is 19.2 Å². The summed E-state index contributed by atoms with van der Waals surface area (Å²) >= 11 is 0. The van der Waals surface area contributed by atoms with Crippen LogP contribution in [0.4, 0.5) is 0 Å². The summed E-state index contributed by atoms with van der Waals surface area (Å²) in [6.45, 7) is 1.79. The summed E-state index contributed by atoms with van der Waals surface area (Å²) in [5, 5.41) is 4.88. The third kappa shape index (κ3) is 2.96. The van der Waals surface area contributed by atoms with Crippen LogP contribution in [0.25, 0.3) is 10.9 Å². The van der Waals surface area contributed by atoms with E-state index in [-0.39, 0.29) is 5.56 Å². The Morgan fingerprint density at radius 3 is 2.64 bits per heavy atom. The van der Waals surface area contributed by atoms with E-state index in [0.29, 0.717) is 16.7 Å². The van der Waals surface area contributed by atoms with E-state index in [9.17, 15) is 4.79 Å². The summed E-state index contributed by atoms with van der Waals surface area (Å²) in [7, 11) is 0. The molecule has 0 radical (unpaired) electrons. The van der Waals surface area contributed by atoms with Crippen LogP contribution in [-0.2, 0) is 6.42 Å². The summed E-state index contributed by atoms with van der Waals surface area (Å²) < 4.78 is 1.37. The number of aromatic nitrogens is 2. The van der Waals surface area contributed by atoms with Crippen LogP contribution >= 0.6 is 0 Å². The van der Waals surface area contributed by atoms with Crippen molar-refractivity contribution in [2.75, 3.05) is 0 Å². The van der Waals surface area contributed by atoms with E-state index in [1.165, 1.54) is 10.2 Å². The third-order valence-corrected chi connectivity index (χ3v) is 3.52. The van der Waals surface area contributed by atoms with Crippen LogP contribution in [0.1, 0.15) is 17.8 Å². The molecule has 22 heavy (non-hydrogen) atoms. The van der Waals surface area contributed by atoms with Crippen LogP contribution in [0.3, 0.4) is 0 Å². The minimum Gasteiger partial charge on any atom is -0.267 e. The molecule has 0 fully saturated rings. The van der Waals surface area contributed by atoms with Gasteiger partial charge in [-0.05, 0) is 37.5 Å². The predicted octanol–water partition coefficient (Wildman–Crippen LogP) is 3.17. The highest BCUT2D eigenvalue weighted by Crippen LogP contribution is 2.07. The van der Waals surface area contributed by atoms with Gasteiger partial charge in [-0.2, -0.15) is 9.78 Å². The third-order valence-electron chi connectivity index (χ3n) is 3.52. The number of hydrogen-bond donors (Lipinski definition) is 0. The van der Waals surface area contributed by atoms with Gasteiger partial charge >= 0.3 is 0 Å². The minimum atomic E-state index is -0.126. The van der Waals surface area contributed by atoms with E-state index in [2.05, 4.69) is 22.2 Å².